The number of ether oxygens (including phenoxy) is 1. The topological polar surface area (TPSA) is 29.5 Å². The second kappa shape index (κ2) is 6.97. The molecule has 0 aliphatic heterocycles. The summed E-state index contributed by atoms with van der Waals surface area (Å²) in [6, 6.07) is 15.5. The molecular formula is C18H21ClO2. The zero-order valence-electron chi connectivity index (χ0n) is 12.5. The normalized spacial score (nSPS) is 13.7. The van der Waals surface area contributed by atoms with E-state index in [0.29, 0.717) is 12.3 Å². The zero-order chi connectivity index (χ0) is 15.3. The summed E-state index contributed by atoms with van der Waals surface area (Å²) in [5, 5.41) is 10.4. The highest BCUT2D eigenvalue weighted by Gasteiger charge is 2.22. The van der Waals surface area contributed by atoms with Crippen molar-refractivity contribution in [2.24, 2.45) is 0 Å². The van der Waals surface area contributed by atoms with Gasteiger partial charge in [0.15, 0.2) is 0 Å². The molecule has 21 heavy (non-hydrogen) atoms. The first-order valence-corrected chi connectivity index (χ1v) is 7.69. The lowest BCUT2D eigenvalue weighted by Crippen LogP contribution is -2.21. The largest absolute Gasteiger partial charge is 0.457 e. The molecule has 112 valence electrons. The second-order valence-corrected chi connectivity index (χ2v) is 5.84. The summed E-state index contributed by atoms with van der Waals surface area (Å²) in [7, 11) is 0. The van der Waals surface area contributed by atoms with Gasteiger partial charge in [-0.2, -0.15) is 0 Å². The Morgan fingerprint density at radius 1 is 1.10 bits per heavy atom. The molecule has 0 radical (unpaired) electrons. The molecule has 0 spiro atoms. The molecule has 1 atom stereocenters. The molecule has 2 nitrogen and oxygen atoms in total. The molecule has 2 rings (SSSR count). The van der Waals surface area contributed by atoms with Crippen LogP contribution in [-0.4, -0.2) is 11.0 Å². The predicted octanol–water partition coefficient (Wildman–Crippen LogP) is 5.01. The Hall–Kier alpha value is -1.51. The van der Waals surface area contributed by atoms with E-state index in [4.69, 9.17) is 16.3 Å². The molecule has 0 bridgehead atoms. The first kappa shape index (κ1) is 15.9. The first-order valence-electron chi connectivity index (χ1n) is 7.15. The van der Waals surface area contributed by atoms with Crippen molar-refractivity contribution in [2.75, 3.05) is 5.88 Å². The zero-order valence-corrected chi connectivity index (χ0v) is 13.2. The number of benzene rings is 2. The quantitative estimate of drug-likeness (QED) is 0.760. The van der Waals surface area contributed by atoms with Gasteiger partial charge in [-0.1, -0.05) is 30.3 Å². The van der Waals surface area contributed by atoms with Crippen LogP contribution < -0.4 is 4.74 Å². The van der Waals surface area contributed by atoms with Crippen LogP contribution in [0.5, 0.6) is 11.5 Å². The van der Waals surface area contributed by atoms with Crippen LogP contribution in [0.3, 0.4) is 0 Å². The van der Waals surface area contributed by atoms with Crippen molar-refractivity contribution < 1.29 is 9.84 Å². The Kier molecular flexibility index (Phi) is 5.27. The van der Waals surface area contributed by atoms with Crippen LogP contribution in [0.15, 0.2) is 48.5 Å². The smallest absolute Gasteiger partial charge is 0.130 e. The molecule has 2 aromatic rings. The van der Waals surface area contributed by atoms with Gasteiger partial charge in [-0.15, -0.1) is 11.6 Å². The number of hydrogen-bond acceptors (Lipinski definition) is 2. The van der Waals surface area contributed by atoms with Crippen LogP contribution >= 0.6 is 11.6 Å². The average Bonchev–Trinajstić information content (AvgIpc) is 2.48. The second-order valence-electron chi connectivity index (χ2n) is 5.46. The minimum Gasteiger partial charge on any atom is -0.457 e. The SMILES string of the molecule is Cc1ccccc1Oc1ccc(C(C)(O)CCCCl)cc1. The molecule has 0 amide bonds. The third-order valence-electron chi connectivity index (χ3n) is 3.59. The van der Waals surface area contributed by atoms with E-state index in [1.807, 2.05) is 62.4 Å². The molecule has 0 aliphatic rings. The van der Waals surface area contributed by atoms with Crippen molar-refractivity contribution in [1.82, 2.24) is 0 Å². The maximum Gasteiger partial charge on any atom is 0.130 e. The van der Waals surface area contributed by atoms with Crippen LogP contribution in [0.25, 0.3) is 0 Å². The van der Waals surface area contributed by atoms with Crippen LogP contribution in [-0.2, 0) is 5.60 Å². The summed E-state index contributed by atoms with van der Waals surface area (Å²) in [5.41, 5.74) is 1.12. The Labute approximate surface area is 131 Å². The van der Waals surface area contributed by atoms with Gasteiger partial charge in [0.2, 0.25) is 0 Å². The van der Waals surface area contributed by atoms with Gasteiger partial charge in [0.25, 0.3) is 0 Å². The monoisotopic (exact) mass is 304 g/mol. The summed E-state index contributed by atoms with van der Waals surface area (Å²) in [6.45, 7) is 3.83. The number of aryl methyl sites for hydroxylation is 1. The van der Waals surface area contributed by atoms with Gasteiger partial charge in [-0.3, -0.25) is 0 Å². The molecule has 0 aromatic heterocycles. The molecule has 3 heteroatoms. The van der Waals surface area contributed by atoms with Gasteiger partial charge in [0, 0.05) is 5.88 Å². The highest BCUT2D eigenvalue weighted by Crippen LogP contribution is 2.30. The number of rotatable bonds is 6. The summed E-state index contributed by atoms with van der Waals surface area (Å²) in [6.07, 6.45) is 1.44. The van der Waals surface area contributed by atoms with Crippen LogP contribution in [0.4, 0.5) is 0 Å². The van der Waals surface area contributed by atoms with Crippen molar-refractivity contribution in [1.29, 1.82) is 0 Å². The van der Waals surface area contributed by atoms with E-state index in [0.717, 1.165) is 29.0 Å². The highest BCUT2D eigenvalue weighted by molar-refractivity contribution is 6.17. The Bertz CT molecular complexity index is 576. The van der Waals surface area contributed by atoms with E-state index in [-0.39, 0.29) is 0 Å². The van der Waals surface area contributed by atoms with Crippen LogP contribution in [0, 0.1) is 6.92 Å². The minimum atomic E-state index is -0.851. The molecule has 0 heterocycles. The predicted molar refractivity (Wildman–Crippen MR) is 87.2 cm³/mol. The fraction of sp³-hybridized carbons (Fsp3) is 0.333. The summed E-state index contributed by atoms with van der Waals surface area (Å²) in [4.78, 5) is 0. The Morgan fingerprint density at radius 3 is 2.38 bits per heavy atom. The van der Waals surface area contributed by atoms with E-state index in [1.54, 1.807) is 0 Å². The number of halogens is 1. The summed E-state index contributed by atoms with van der Waals surface area (Å²) >= 11 is 5.69. The molecule has 0 saturated heterocycles. The van der Waals surface area contributed by atoms with E-state index in [9.17, 15) is 5.11 Å². The molecular weight excluding hydrogens is 284 g/mol. The number of hydrogen-bond donors (Lipinski definition) is 1. The summed E-state index contributed by atoms with van der Waals surface area (Å²) < 4.78 is 5.86. The number of para-hydroxylation sites is 1. The van der Waals surface area contributed by atoms with E-state index in [1.165, 1.54) is 0 Å². The van der Waals surface area contributed by atoms with Crippen molar-refractivity contribution in [2.45, 2.75) is 32.3 Å². The fourth-order valence-electron chi connectivity index (χ4n) is 2.24. The average molecular weight is 305 g/mol. The first-order chi connectivity index (χ1) is 10.0. The van der Waals surface area contributed by atoms with E-state index >= 15 is 0 Å². The lowest BCUT2D eigenvalue weighted by Gasteiger charge is -2.23. The maximum absolute atomic E-state index is 10.4. The Morgan fingerprint density at radius 2 is 1.76 bits per heavy atom. The van der Waals surface area contributed by atoms with Crippen LogP contribution in [0.1, 0.15) is 30.9 Å². The van der Waals surface area contributed by atoms with Gasteiger partial charge < -0.3 is 9.84 Å². The van der Waals surface area contributed by atoms with Gasteiger partial charge >= 0.3 is 0 Å². The highest BCUT2D eigenvalue weighted by atomic mass is 35.5. The number of alkyl halides is 1. The summed E-state index contributed by atoms with van der Waals surface area (Å²) in [5.74, 6) is 2.17. The third kappa shape index (κ3) is 4.23. The number of aliphatic hydroxyl groups is 1. The molecule has 0 saturated carbocycles. The van der Waals surface area contributed by atoms with Crippen LogP contribution in [0.2, 0.25) is 0 Å². The van der Waals surface area contributed by atoms with Gasteiger partial charge in [0.1, 0.15) is 11.5 Å². The molecule has 0 fully saturated rings. The van der Waals surface area contributed by atoms with Crippen molar-refractivity contribution in [3.05, 3.63) is 59.7 Å². The van der Waals surface area contributed by atoms with Crippen molar-refractivity contribution >= 4 is 11.6 Å². The molecule has 1 unspecified atom stereocenters. The third-order valence-corrected chi connectivity index (χ3v) is 3.86. The van der Waals surface area contributed by atoms with Crippen molar-refractivity contribution in [3.63, 3.8) is 0 Å². The molecule has 2 aromatic carbocycles. The van der Waals surface area contributed by atoms with E-state index < -0.39 is 5.60 Å². The molecule has 0 aliphatic carbocycles. The van der Waals surface area contributed by atoms with Crippen molar-refractivity contribution in [3.8, 4) is 11.5 Å². The lowest BCUT2D eigenvalue weighted by molar-refractivity contribution is 0.0471. The maximum atomic E-state index is 10.4. The van der Waals surface area contributed by atoms with E-state index in [2.05, 4.69) is 0 Å². The lowest BCUT2D eigenvalue weighted by atomic mass is 9.91. The van der Waals surface area contributed by atoms with Gasteiger partial charge in [-0.05, 0) is 56.0 Å². The molecule has 1 N–H and O–H groups in total. The Balaban J connectivity index is 2.10. The van der Waals surface area contributed by atoms with Gasteiger partial charge in [-0.25, -0.2) is 0 Å². The minimum absolute atomic E-state index is 0.560. The fourth-order valence-corrected chi connectivity index (χ4v) is 2.37. The van der Waals surface area contributed by atoms with Gasteiger partial charge in [0.05, 0.1) is 5.60 Å². The standard InChI is InChI=1S/C18H21ClO2/c1-14-6-3-4-7-17(14)21-16-10-8-15(9-11-16)18(2,20)12-5-13-19/h3-4,6-11,20H,5,12-13H2,1-2H3.